The maximum atomic E-state index is 4.56. The molecule has 1 aromatic carbocycles. The smallest absolute Gasteiger partial charge is 0.0767 e. The van der Waals surface area contributed by atoms with Crippen LogP contribution < -0.4 is 0 Å². The van der Waals surface area contributed by atoms with E-state index < -0.39 is 0 Å². The van der Waals surface area contributed by atoms with Crippen LogP contribution in [-0.2, 0) is 5.41 Å². The highest BCUT2D eigenvalue weighted by Gasteiger charge is 2.33. The average Bonchev–Trinajstić information content (AvgIpc) is 2.56. The van der Waals surface area contributed by atoms with E-state index in [2.05, 4.69) is 53.3 Å². The maximum Gasteiger partial charge on any atom is 0.0767 e. The lowest BCUT2D eigenvalue weighted by atomic mass is 9.76. The standard InChI is InChI=1S/C18H16N2/c1-18(15-9-3-2-4-10-15,16-11-5-7-13-19-16)17-12-6-8-14-20-17/h2-14H,1H3. The van der Waals surface area contributed by atoms with E-state index in [9.17, 15) is 0 Å². The molecule has 3 aromatic rings. The van der Waals surface area contributed by atoms with E-state index in [4.69, 9.17) is 0 Å². The molecular weight excluding hydrogens is 244 g/mol. The van der Waals surface area contributed by atoms with Crippen LogP contribution in [0.5, 0.6) is 0 Å². The minimum atomic E-state index is -0.343. The number of hydrogen-bond acceptors (Lipinski definition) is 2. The van der Waals surface area contributed by atoms with Gasteiger partial charge in [-0.25, -0.2) is 0 Å². The highest BCUT2D eigenvalue weighted by atomic mass is 14.8. The van der Waals surface area contributed by atoms with Gasteiger partial charge in [0.25, 0.3) is 0 Å². The molecular formula is C18H16N2. The number of nitrogens with zero attached hydrogens (tertiary/aromatic N) is 2. The van der Waals surface area contributed by atoms with E-state index >= 15 is 0 Å². The Morgan fingerprint density at radius 1 is 0.650 bits per heavy atom. The molecule has 0 spiro atoms. The van der Waals surface area contributed by atoms with E-state index in [0.717, 1.165) is 11.4 Å². The highest BCUT2D eigenvalue weighted by molar-refractivity contribution is 5.43. The molecule has 0 amide bonds. The molecule has 0 unspecified atom stereocenters. The predicted molar refractivity (Wildman–Crippen MR) is 80.5 cm³/mol. The fourth-order valence-corrected chi connectivity index (χ4v) is 2.52. The summed E-state index contributed by atoms with van der Waals surface area (Å²) in [5.74, 6) is 0. The van der Waals surface area contributed by atoms with Gasteiger partial charge in [0.1, 0.15) is 0 Å². The molecule has 0 saturated carbocycles. The molecule has 20 heavy (non-hydrogen) atoms. The first-order valence-electron chi connectivity index (χ1n) is 6.70. The zero-order valence-electron chi connectivity index (χ0n) is 11.4. The number of rotatable bonds is 3. The van der Waals surface area contributed by atoms with Gasteiger partial charge < -0.3 is 0 Å². The fraction of sp³-hybridized carbons (Fsp3) is 0.111. The SMILES string of the molecule is CC(c1ccccc1)(c1ccccn1)c1ccccn1. The van der Waals surface area contributed by atoms with Gasteiger partial charge in [0.05, 0.1) is 16.8 Å². The molecule has 3 rings (SSSR count). The monoisotopic (exact) mass is 260 g/mol. The van der Waals surface area contributed by atoms with Crippen molar-refractivity contribution in [2.75, 3.05) is 0 Å². The van der Waals surface area contributed by atoms with Crippen molar-refractivity contribution in [3.8, 4) is 0 Å². The van der Waals surface area contributed by atoms with E-state index in [1.165, 1.54) is 5.56 Å². The normalized spacial score (nSPS) is 11.2. The van der Waals surface area contributed by atoms with Gasteiger partial charge in [-0.3, -0.25) is 9.97 Å². The van der Waals surface area contributed by atoms with Crippen LogP contribution in [0.1, 0.15) is 23.9 Å². The zero-order chi connectivity index (χ0) is 13.8. The van der Waals surface area contributed by atoms with Gasteiger partial charge in [0.2, 0.25) is 0 Å². The molecule has 0 N–H and O–H groups in total. The quantitative estimate of drug-likeness (QED) is 0.715. The van der Waals surface area contributed by atoms with E-state index in [1.54, 1.807) is 0 Å². The third kappa shape index (κ3) is 2.10. The fourth-order valence-electron chi connectivity index (χ4n) is 2.52. The van der Waals surface area contributed by atoms with Crippen molar-refractivity contribution in [3.63, 3.8) is 0 Å². The number of hydrogen-bond donors (Lipinski definition) is 0. The van der Waals surface area contributed by atoms with Gasteiger partial charge in [0.15, 0.2) is 0 Å². The molecule has 2 heteroatoms. The van der Waals surface area contributed by atoms with Crippen molar-refractivity contribution in [1.82, 2.24) is 9.97 Å². The van der Waals surface area contributed by atoms with Crippen molar-refractivity contribution in [1.29, 1.82) is 0 Å². The second-order valence-corrected chi connectivity index (χ2v) is 4.92. The summed E-state index contributed by atoms with van der Waals surface area (Å²) in [6.07, 6.45) is 3.67. The average molecular weight is 260 g/mol. The summed E-state index contributed by atoms with van der Waals surface area (Å²) < 4.78 is 0. The Labute approximate surface area is 119 Å². The third-order valence-electron chi connectivity index (χ3n) is 3.71. The summed E-state index contributed by atoms with van der Waals surface area (Å²) in [6.45, 7) is 2.17. The Kier molecular flexibility index (Phi) is 3.30. The summed E-state index contributed by atoms with van der Waals surface area (Å²) in [4.78, 5) is 9.13. The molecule has 98 valence electrons. The van der Waals surface area contributed by atoms with Gasteiger partial charge in [-0.2, -0.15) is 0 Å². The lowest BCUT2D eigenvalue weighted by Crippen LogP contribution is -2.27. The van der Waals surface area contributed by atoms with Crippen LogP contribution in [0.25, 0.3) is 0 Å². The molecule has 2 aromatic heterocycles. The number of aromatic nitrogens is 2. The second kappa shape index (κ2) is 5.25. The molecule has 0 saturated heterocycles. The molecule has 0 aliphatic carbocycles. The van der Waals surface area contributed by atoms with Gasteiger partial charge in [-0.15, -0.1) is 0 Å². The van der Waals surface area contributed by atoms with Crippen molar-refractivity contribution < 1.29 is 0 Å². The topological polar surface area (TPSA) is 25.8 Å². The lowest BCUT2D eigenvalue weighted by Gasteiger charge is -2.29. The van der Waals surface area contributed by atoms with Crippen molar-refractivity contribution in [3.05, 3.63) is 96.1 Å². The van der Waals surface area contributed by atoms with Crippen LogP contribution >= 0.6 is 0 Å². The molecule has 0 atom stereocenters. The van der Waals surface area contributed by atoms with Crippen molar-refractivity contribution in [2.45, 2.75) is 12.3 Å². The Hall–Kier alpha value is -2.48. The van der Waals surface area contributed by atoms with Gasteiger partial charge in [-0.1, -0.05) is 42.5 Å². The molecule has 2 nitrogen and oxygen atoms in total. The third-order valence-corrected chi connectivity index (χ3v) is 3.71. The van der Waals surface area contributed by atoms with Crippen LogP contribution in [0.4, 0.5) is 0 Å². The predicted octanol–water partition coefficient (Wildman–Crippen LogP) is 3.83. The summed E-state index contributed by atoms with van der Waals surface area (Å²) in [7, 11) is 0. The largest absolute Gasteiger partial charge is 0.260 e. The number of benzene rings is 1. The highest BCUT2D eigenvalue weighted by Crippen LogP contribution is 2.36. The summed E-state index contributed by atoms with van der Waals surface area (Å²) in [5.41, 5.74) is 2.86. The van der Waals surface area contributed by atoms with E-state index in [0.29, 0.717) is 0 Å². The Morgan fingerprint density at radius 3 is 1.60 bits per heavy atom. The van der Waals surface area contributed by atoms with Crippen molar-refractivity contribution >= 4 is 0 Å². The first-order valence-corrected chi connectivity index (χ1v) is 6.70. The van der Waals surface area contributed by atoms with Crippen LogP contribution in [0.3, 0.4) is 0 Å². The minimum absolute atomic E-state index is 0.343. The Balaban J connectivity index is 2.24. The van der Waals surface area contributed by atoms with E-state index in [-0.39, 0.29) is 5.41 Å². The maximum absolute atomic E-state index is 4.56. The molecule has 0 bridgehead atoms. The summed E-state index contributed by atoms with van der Waals surface area (Å²) >= 11 is 0. The van der Waals surface area contributed by atoms with Crippen LogP contribution in [-0.4, -0.2) is 9.97 Å². The Morgan fingerprint density at radius 2 is 1.15 bits per heavy atom. The second-order valence-electron chi connectivity index (χ2n) is 4.92. The molecule has 0 radical (unpaired) electrons. The first-order chi connectivity index (χ1) is 9.82. The van der Waals surface area contributed by atoms with Gasteiger partial charge in [0, 0.05) is 12.4 Å². The van der Waals surface area contributed by atoms with Crippen LogP contribution in [0.15, 0.2) is 79.1 Å². The summed E-state index contributed by atoms with van der Waals surface area (Å²) in [5, 5.41) is 0. The lowest BCUT2D eigenvalue weighted by molar-refractivity contribution is 0.641. The number of pyridine rings is 2. The molecule has 0 aliphatic rings. The molecule has 2 heterocycles. The molecule has 0 fully saturated rings. The van der Waals surface area contributed by atoms with Crippen LogP contribution in [0, 0.1) is 0 Å². The van der Waals surface area contributed by atoms with Gasteiger partial charge >= 0.3 is 0 Å². The minimum Gasteiger partial charge on any atom is -0.260 e. The first kappa shape index (κ1) is 12.5. The van der Waals surface area contributed by atoms with Crippen LogP contribution in [0.2, 0.25) is 0 Å². The van der Waals surface area contributed by atoms with Gasteiger partial charge in [-0.05, 0) is 36.8 Å². The van der Waals surface area contributed by atoms with E-state index in [1.807, 2.05) is 42.7 Å². The zero-order valence-corrected chi connectivity index (χ0v) is 11.4. The Bertz CT molecular complexity index is 567. The summed E-state index contributed by atoms with van der Waals surface area (Å²) in [6, 6.07) is 22.4. The van der Waals surface area contributed by atoms with Crippen molar-refractivity contribution in [2.24, 2.45) is 0 Å². The molecule has 0 aliphatic heterocycles.